The van der Waals surface area contributed by atoms with Crippen LogP contribution in [0.3, 0.4) is 0 Å². The Balaban J connectivity index is 2.06. The Bertz CT molecular complexity index is 460. The van der Waals surface area contributed by atoms with E-state index in [0.717, 1.165) is 36.5 Å². The number of aromatic nitrogens is 1. The Labute approximate surface area is 105 Å². The molecule has 96 valence electrons. The van der Waals surface area contributed by atoms with Gasteiger partial charge in [0.15, 0.2) is 5.13 Å². The second kappa shape index (κ2) is 5.30. The van der Waals surface area contributed by atoms with Crippen LogP contribution in [0.5, 0.6) is 0 Å². The number of thiazole rings is 1. The lowest BCUT2D eigenvalue weighted by Gasteiger charge is -2.09. The molecule has 3 N–H and O–H groups in total. The van der Waals surface area contributed by atoms with Crippen LogP contribution >= 0.6 is 11.3 Å². The molecule has 0 unspecified atom stereocenters. The van der Waals surface area contributed by atoms with Gasteiger partial charge in [-0.05, 0) is 6.42 Å². The summed E-state index contributed by atoms with van der Waals surface area (Å²) in [6.45, 7) is 4.02. The molecule has 0 amide bonds. The predicted octanol–water partition coefficient (Wildman–Crippen LogP) is 0.445. The van der Waals surface area contributed by atoms with Crippen LogP contribution in [0, 0.1) is 0 Å². The van der Waals surface area contributed by atoms with E-state index < -0.39 is 10.2 Å². The van der Waals surface area contributed by atoms with E-state index in [1.165, 1.54) is 11.3 Å². The quantitative estimate of drug-likeness (QED) is 0.729. The van der Waals surface area contributed by atoms with Crippen LogP contribution in [0.25, 0.3) is 0 Å². The molecule has 0 aliphatic carbocycles. The summed E-state index contributed by atoms with van der Waals surface area (Å²) in [4.78, 5) is 5.41. The van der Waals surface area contributed by atoms with E-state index in [2.05, 4.69) is 19.7 Å². The van der Waals surface area contributed by atoms with Crippen molar-refractivity contribution in [1.82, 2.24) is 15.0 Å². The van der Waals surface area contributed by atoms with E-state index in [1.807, 2.05) is 6.92 Å². The molecule has 0 bridgehead atoms. The molecule has 17 heavy (non-hydrogen) atoms. The molecule has 0 aromatic carbocycles. The summed E-state index contributed by atoms with van der Waals surface area (Å²) in [5.41, 5.74) is 1.00. The third-order valence-electron chi connectivity index (χ3n) is 2.37. The van der Waals surface area contributed by atoms with Crippen molar-refractivity contribution in [1.29, 1.82) is 0 Å². The monoisotopic (exact) mass is 276 g/mol. The molecule has 1 aromatic heterocycles. The number of rotatable bonds is 5. The lowest BCUT2D eigenvalue weighted by molar-refractivity contribution is 0.586. The van der Waals surface area contributed by atoms with Crippen LogP contribution in [0.2, 0.25) is 0 Å². The summed E-state index contributed by atoms with van der Waals surface area (Å²) in [5, 5.41) is 3.68. The first-order chi connectivity index (χ1) is 8.11. The van der Waals surface area contributed by atoms with Crippen LogP contribution in [-0.4, -0.2) is 26.5 Å². The Morgan fingerprint density at radius 2 is 2.35 bits per heavy atom. The predicted molar refractivity (Wildman–Crippen MR) is 68.4 cm³/mol. The number of anilines is 1. The molecule has 0 fully saturated rings. The molecule has 2 heterocycles. The second-order valence-electron chi connectivity index (χ2n) is 3.82. The SMILES string of the molecule is CCCNS(=O)(=O)Nc1nc2c(s1)CNCC2. The average molecular weight is 276 g/mol. The maximum absolute atomic E-state index is 11.6. The van der Waals surface area contributed by atoms with Crippen LogP contribution in [-0.2, 0) is 23.2 Å². The van der Waals surface area contributed by atoms with Crippen LogP contribution < -0.4 is 14.8 Å². The summed E-state index contributed by atoms with van der Waals surface area (Å²) < 4.78 is 28.1. The molecule has 0 saturated heterocycles. The van der Waals surface area contributed by atoms with Gasteiger partial charge in [0.05, 0.1) is 5.69 Å². The highest BCUT2D eigenvalue weighted by Gasteiger charge is 2.17. The highest BCUT2D eigenvalue weighted by atomic mass is 32.2. The molecule has 0 atom stereocenters. The molecule has 0 radical (unpaired) electrons. The summed E-state index contributed by atoms with van der Waals surface area (Å²) in [7, 11) is -3.47. The topological polar surface area (TPSA) is 83.1 Å². The minimum absolute atomic E-state index is 0.433. The summed E-state index contributed by atoms with van der Waals surface area (Å²) >= 11 is 1.39. The van der Waals surface area contributed by atoms with E-state index >= 15 is 0 Å². The van der Waals surface area contributed by atoms with Gasteiger partial charge in [-0.15, -0.1) is 0 Å². The zero-order valence-electron chi connectivity index (χ0n) is 9.62. The number of fused-ring (bicyclic) bond motifs is 1. The zero-order chi connectivity index (χ0) is 12.3. The largest absolute Gasteiger partial charge is 0.311 e. The first-order valence-corrected chi connectivity index (χ1v) is 7.87. The van der Waals surface area contributed by atoms with Gasteiger partial charge in [-0.3, -0.25) is 0 Å². The van der Waals surface area contributed by atoms with Gasteiger partial charge in [0, 0.05) is 30.9 Å². The molecule has 1 aliphatic heterocycles. The summed E-state index contributed by atoms with van der Waals surface area (Å²) in [6, 6.07) is 0. The number of nitrogens with zero attached hydrogens (tertiary/aromatic N) is 1. The molecule has 0 saturated carbocycles. The van der Waals surface area contributed by atoms with Crippen molar-refractivity contribution in [2.45, 2.75) is 26.3 Å². The van der Waals surface area contributed by atoms with Crippen molar-refractivity contribution < 1.29 is 8.42 Å². The van der Waals surface area contributed by atoms with Crippen LogP contribution in [0.15, 0.2) is 0 Å². The van der Waals surface area contributed by atoms with Gasteiger partial charge in [-0.25, -0.2) is 9.71 Å². The summed E-state index contributed by atoms with van der Waals surface area (Å²) in [6.07, 6.45) is 1.62. The molecule has 8 heteroatoms. The first kappa shape index (κ1) is 12.7. The molecular formula is C9H16N4O2S2. The number of nitrogens with one attached hydrogen (secondary N) is 3. The fourth-order valence-corrected chi connectivity index (χ4v) is 3.70. The van der Waals surface area contributed by atoms with Crippen molar-refractivity contribution in [3.8, 4) is 0 Å². The molecule has 0 spiro atoms. The smallest absolute Gasteiger partial charge is 0.300 e. The van der Waals surface area contributed by atoms with Crippen LogP contribution in [0.4, 0.5) is 5.13 Å². The highest BCUT2D eigenvalue weighted by molar-refractivity contribution is 7.91. The first-order valence-electron chi connectivity index (χ1n) is 5.57. The Kier molecular flexibility index (Phi) is 3.97. The third-order valence-corrected chi connectivity index (χ3v) is 4.55. The normalized spacial score (nSPS) is 15.6. The van der Waals surface area contributed by atoms with Crippen molar-refractivity contribution in [2.75, 3.05) is 17.8 Å². The fraction of sp³-hybridized carbons (Fsp3) is 0.667. The lowest BCUT2D eigenvalue weighted by Crippen LogP contribution is -2.30. The van der Waals surface area contributed by atoms with E-state index in [-0.39, 0.29) is 0 Å². The molecule has 6 nitrogen and oxygen atoms in total. The Morgan fingerprint density at radius 3 is 3.06 bits per heavy atom. The van der Waals surface area contributed by atoms with E-state index in [9.17, 15) is 8.42 Å². The van der Waals surface area contributed by atoms with Gasteiger partial charge in [0.2, 0.25) is 0 Å². The van der Waals surface area contributed by atoms with Crippen molar-refractivity contribution >= 4 is 26.7 Å². The van der Waals surface area contributed by atoms with Gasteiger partial charge >= 0.3 is 10.2 Å². The Morgan fingerprint density at radius 1 is 1.53 bits per heavy atom. The fourth-order valence-electron chi connectivity index (χ4n) is 1.56. The zero-order valence-corrected chi connectivity index (χ0v) is 11.2. The third kappa shape index (κ3) is 3.38. The lowest BCUT2D eigenvalue weighted by atomic mass is 10.2. The summed E-state index contributed by atoms with van der Waals surface area (Å²) in [5.74, 6) is 0. The Hall–Kier alpha value is -0.700. The highest BCUT2D eigenvalue weighted by Crippen LogP contribution is 2.25. The van der Waals surface area contributed by atoms with E-state index in [1.54, 1.807) is 0 Å². The van der Waals surface area contributed by atoms with Crippen LogP contribution in [0.1, 0.15) is 23.9 Å². The number of hydrogen-bond donors (Lipinski definition) is 3. The van der Waals surface area contributed by atoms with Gasteiger partial charge in [0.1, 0.15) is 0 Å². The minimum atomic E-state index is -3.47. The second-order valence-corrected chi connectivity index (χ2v) is 6.40. The maximum Gasteiger partial charge on any atom is 0.300 e. The van der Waals surface area contributed by atoms with Crippen molar-refractivity contribution in [2.24, 2.45) is 0 Å². The molecule has 2 rings (SSSR count). The molecule has 1 aromatic rings. The molecular weight excluding hydrogens is 260 g/mol. The van der Waals surface area contributed by atoms with Crippen molar-refractivity contribution in [3.05, 3.63) is 10.6 Å². The van der Waals surface area contributed by atoms with Crippen molar-refractivity contribution in [3.63, 3.8) is 0 Å². The maximum atomic E-state index is 11.6. The minimum Gasteiger partial charge on any atom is -0.311 e. The average Bonchev–Trinajstić information content (AvgIpc) is 2.67. The van der Waals surface area contributed by atoms with Gasteiger partial charge in [-0.2, -0.15) is 13.1 Å². The van der Waals surface area contributed by atoms with Gasteiger partial charge < -0.3 is 5.32 Å². The van der Waals surface area contributed by atoms with Gasteiger partial charge in [0.25, 0.3) is 0 Å². The molecule has 1 aliphatic rings. The number of hydrogen-bond acceptors (Lipinski definition) is 5. The van der Waals surface area contributed by atoms with E-state index in [4.69, 9.17) is 0 Å². The van der Waals surface area contributed by atoms with Gasteiger partial charge in [-0.1, -0.05) is 18.3 Å². The standard InChI is InChI=1S/C9H16N4O2S2/c1-2-4-11-17(14,15)13-9-12-7-3-5-10-6-8(7)16-9/h10-11H,2-6H2,1H3,(H,12,13). The van der Waals surface area contributed by atoms with E-state index in [0.29, 0.717) is 11.7 Å².